The highest BCUT2D eigenvalue weighted by molar-refractivity contribution is 6.13. The molecule has 0 bridgehead atoms. The molecule has 31 heavy (non-hydrogen) atoms. The highest BCUT2D eigenvalue weighted by Gasteiger charge is 2.21. The largest absolute Gasteiger partial charge is 0.492 e. The Balaban J connectivity index is 1.25. The summed E-state index contributed by atoms with van der Waals surface area (Å²) in [6.45, 7) is 3.62. The van der Waals surface area contributed by atoms with E-state index in [0.717, 1.165) is 54.7 Å². The Hall–Kier alpha value is -3.58. The average Bonchev–Trinajstić information content (AvgIpc) is 2.96. The second-order valence-electron chi connectivity index (χ2n) is 7.51. The lowest BCUT2D eigenvalue weighted by atomic mass is 10.0. The number of benzene rings is 2. The molecule has 0 unspecified atom stereocenters. The molecular weight excluding hydrogens is 392 g/mol. The number of carbonyl (C=O) groups excluding carboxylic acids is 1. The number of nitrogens with one attached hydrogen (secondary N) is 2. The third-order valence-corrected chi connectivity index (χ3v) is 5.52. The summed E-state index contributed by atoms with van der Waals surface area (Å²) >= 11 is 0. The fourth-order valence-corrected chi connectivity index (χ4v) is 3.93. The van der Waals surface area contributed by atoms with Gasteiger partial charge in [0.15, 0.2) is 0 Å². The summed E-state index contributed by atoms with van der Waals surface area (Å²) in [5.41, 5.74) is 4.06. The van der Waals surface area contributed by atoms with Crippen LogP contribution in [-0.2, 0) is 11.2 Å². The quantitative estimate of drug-likeness (QED) is 0.658. The molecule has 0 aliphatic carbocycles. The summed E-state index contributed by atoms with van der Waals surface area (Å²) in [4.78, 5) is 19.6. The van der Waals surface area contributed by atoms with Crippen LogP contribution in [0.25, 0.3) is 0 Å². The Bertz CT molecular complexity index is 1080. The van der Waals surface area contributed by atoms with Crippen LogP contribution in [0.15, 0.2) is 60.8 Å². The van der Waals surface area contributed by atoms with E-state index >= 15 is 0 Å². The third kappa shape index (κ3) is 4.18. The number of amides is 1. The van der Waals surface area contributed by atoms with Crippen molar-refractivity contribution in [3.63, 3.8) is 0 Å². The van der Waals surface area contributed by atoms with Crippen LogP contribution in [0.5, 0.6) is 5.75 Å². The molecule has 5 rings (SSSR count). The zero-order valence-electron chi connectivity index (χ0n) is 17.1. The number of aromatic nitrogens is 1. The molecule has 2 aliphatic heterocycles. The van der Waals surface area contributed by atoms with Gasteiger partial charge in [0.1, 0.15) is 11.6 Å². The van der Waals surface area contributed by atoms with Gasteiger partial charge in [-0.05, 0) is 35.9 Å². The first kappa shape index (κ1) is 19.4. The number of nitrogens with zero attached hydrogens (tertiary/aromatic N) is 2. The van der Waals surface area contributed by atoms with Crippen LogP contribution < -0.4 is 20.3 Å². The van der Waals surface area contributed by atoms with E-state index in [1.807, 2.05) is 54.6 Å². The van der Waals surface area contributed by atoms with Crippen molar-refractivity contribution in [3.8, 4) is 5.75 Å². The lowest BCUT2D eigenvalue weighted by molar-refractivity contribution is 0.102. The smallest absolute Gasteiger partial charge is 0.258 e. The van der Waals surface area contributed by atoms with Crippen LogP contribution in [0, 0.1) is 0 Å². The van der Waals surface area contributed by atoms with E-state index in [1.54, 1.807) is 6.20 Å². The molecule has 0 spiro atoms. The second-order valence-corrected chi connectivity index (χ2v) is 7.51. The number of carbonyl (C=O) groups is 1. The number of ether oxygens (including phenoxy) is 2. The van der Waals surface area contributed by atoms with Crippen molar-refractivity contribution in [1.82, 2.24) is 4.98 Å². The number of pyridine rings is 1. The van der Waals surface area contributed by atoms with Gasteiger partial charge in [-0.25, -0.2) is 4.98 Å². The van der Waals surface area contributed by atoms with Gasteiger partial charge in [0.05, 0.1) is 48.6 Å². The van der Waals surface area contributed by atoms with Crippen molar-refractivity contribution in [3.05, 3.63) is 71.9 Å². The molecule has 1 fully saturated rings. The summed E-state index contributed by atoms with van der Waals surface area (Å²) in [7, 11) is 0. The molecule has 1 amide bonds. The monoisotopic (exact) mass is 416 g/mol. The Morgan fingerprint density at radius 1 is 0.935 bits per heavy atom. The number of rotatable bonds is 5. The van der Waals surface area contributed by atoms with Crippen LogP contribution >= 0.6 is 0 Å². The van der Waals surface area contributed by atoms with Crippen LogP contribution in [0.1, 0.15) is 15.9 Å². The van der Waals surface area contributed by atoms with E-state index in [4.69, 9.17) is 9.47 Å². The highest BCUT2D eigenvalue weighted by atomic mass is 16.5. The molecule has 0 atom stereocenters. The van der Waals surface area contributed by atoms with E-state index in [0.29, 0.717) is 24.3 Å². The molecule has 0 saturated carbocycles. The minimum atomic E-state index is -0.111. The maximum absolute atomic E-state index is 12.9. The van der Waals surface area contributed by atoms with Crippen molar-refractivity contribution in [1.29, 1.82) is 0 Å². The number of hydrogen-bond donors (Lipinski definition) is 2. The van der Waals surface area contributed by atoms with E-state index in [9.17, 15) is 4.79 Å². The van der Waals surface area contributed by atoms with E-state index in [2.05, 4.69) is 20.5 Å². The normalized spacial score (nSPS) is 15.2. The topological polar surface area (TPSA) is 75.7 Å². The SMILES string of the molecule is O=C1Nc2ccccc2Nc2cccc(CCOc3ccc(N4CCOCC4)nc3)c21. The Kier molecular flexibility index (Phi) is 5.41. The number of hydrogen-bond acceptors (Lipinski definition) is 6. The van der Waals surface area contributed by atoms with Crippen LogP contribution in [0.2, 0.25) is 0 Å². The predicted octanol–water partition coefficient (Wildman–Crippen LogP) is 3.85. The van der Waals surface area contributed by atoms with Gasteiger partial charge in [-0.1, -0.05) is 24.3 Å². The Morgan fingerprint density at radius 3 is 2.48 bits per heavy atom. The van der Waals surface area contributed by atoms with Gasteiger partial charge in [0, 0.05) is 19.5 Å². The molecule has 1 saturated heterocycles. The van der Waals surface area contributed by atoms with Crippen LogP contribution in [-0.4, -0.2) is 43.8 Å². The predicted molar refractivity (Wildman–Crippen MR) is 121 cm³/mol. The average molecular weight is 416 g/mol. The Labute approximate surface area is 181 Å². The van der Waals surface area contributed by atoms with E-state index < -0.39 is 0 Å². The molecule has 3 heterocycles. The van der Waals surface area contributed by atoms with Gasteiger partial charge >= 0.3 is 0 Å². The molecule has 7 nitrogen and oxygen atoms in total. The lowest BCUT2D eigenvalue weighted by Crippen LogP contribution is -2.36. The maximum Gasteiger partial charge on any atom is 0.258 e. The summed E-state index contributed by atoms with van der Waals surface area (Å²) in [6.07, 6.45) is 2.36. The molecule has 0 radical (unpaired) electrons. The molecule has 158 valence electrons. The first-order chi connectivity index (χ1) is 15.3. The van der Waals surface area contributed by atoms with Crippen molar-refractivity contribution < 1.29 is 14.3 Å². The molecule has 7 heteroatoms. The molecule has 2 N–H and O–H groups in total. The van der Waals surface area contributed by atoms with Gasteiger partial charge in [-0.15, -0.1) is 0 Å². The molecule has 2 aromatic carbocycles. The third-order valence-electron chi connectivity index (χ3n) is 5.52. The standard InChI is InChI=1S/C24H24N4O3/c29-24-23-17(4-3-7-21(23)26-19-5-1-2-6-20(19)27-24)10-13-31-18-8-9-22(25-16-18)28-11-14-30-15-12-28/h1-9,16,26H,10-15H2,(H,27,29). The van der Waals surface area contributed by atoms with Crippen molar-refractivity contribution in [2.45, 2.75) is 6.42 Å². The molecule has 3 aromatic rings. The highest BCUT2D eigenvalue weighted by Crippen LogP contribution is 2.33. The van der Waals surface area contributed by atoms with Gasteiger partial charge in [-0.3, -0.25) is 4.79 Å². The summed E-state index contributed by atoms with van der Waals surface area (Å²) in [5.74, 6) is 1.54. The number of fused-ring (bicyclic) bond motifs is 2. The Morgan fingerprint density at radius 2 is 1.71 bits per heavy atom. The van der Waals surface area contributed by atoms with Gasteiger partial charge in [0.2, 0.25) is 0 Å². The minimum absolute atomic E-state index is 0.111. The van der Waals surface area contributed by atoms with Gasteiger partial charge < -0.3 is 25.0 Å². The van der Waals surface area contributed by atoms with E-state index in [-0.39, 0.29) is 5.91 Å². The second kappa shape index (κ2) is 8.65. The van der Waals surface area contributed by atoms with Crippen molar-refractivity contribution in [2.75, 3.05) is 48.4 Å². The van der Waals surface area contributed by atoms with Crippen LogP contribution in [0.3, 0.4) is 0 Å². The summed E-state index contributed by atoms with van der Waals surface area (Å²) in [6, 6.07) is 17.5. The van der Waals surface area contributed by atoms with Crippen molar-refractivity contribution in [2.24, 2.45) is 0 Å². The number of para-hydroxylation sites is 2. The molecular formula is C24H24N4O3. The number of anilines is 4. The fourth-order valence-electron chi connectivity index (χ4n) is 3.93. The molecule has 1 aromatic heterocycles. The maximum atomic E-state index is 12.9. The molecule has 2 aliphatic rings. The number of morpholine rings is 1. The first-order valence-electron chi connectivity index (χ1n) is 10.5. The zero-order chi connectivity index (χ0) is 21.0. The zero-order valence-corrected chi connectivity index (χ0v) is 17.1. The summed E-state index contributed by atoms with van der Waals surface area (Å²) in [5, 5.41) is 6.37. The van der Waals surface area contributed by atoms with Crippen LogP contribution in [0.4, 0.5) is 22.9 Å². The lowest BCUT2D eigenvalue weighted by Gasteiger charge is -2.27. The minimum Gasteiger partial charge on any atom is -0.492 e. The fraction of sp³-hybridized carbons (Fsp3) is 0.250. The summed E-state index contributed by atoms with van der Waals surface area (Å²) < 4.78 is 11.3. The van der Waals surface area contributed by atoms with E-state index in [1.165, 1.54) is 0 Å². The van der Waals surface area contributed by atoms with Crippen molar-refractivity contribution >= 4 is 28.8 Å². The van der Waals surface area contributed by atoms with Gasteiger partial charge in [0.25, 0.3) is 5.91 Å². The first-order valence-corrected chi connectivity index (χ1v) is 10.5. The van der Waals surface area contributed by atoms with Gasteiger partial charge in [-0.2, -0.15) is 0 Å².